The Bertz CT molecular complexity index is 154. The van der Waals surface area contributed by atoms with E-state index in [-0.39, 0.29) is 5.92 Å². The van der Waals surface area contributed by atoms with Gasteiger partial charge >= 0.3 is 0 Å². The van der Waals surface area contributed by atoms with Gasteiger partial charge in [-0.05, 0) is 32.2 Å². The molecule has 0 aliphatic heterocycles. The van der Waals surface area contributed by atoms with Crippen molar-refractivity contribution in [3.63, 3.8) is 0 Å². The van der Waals surface area contributed by atoms with E-state index in [4.69, 9.17) is 5.26 Å². The molecule has 0 heterocycles. The summed E-state index contributed by atoms with van der Waals surface area (Å²) in [6, 6.07) is 2.23. The van der Waals surface area contributed by atoms with E-state index < -0.39 is 0 Å². The first-order valence-corrected chi connectivity index (χ1v) is 4.93. The van der Waals surface area contributed by atoms with Gasteiger partial charge in [-0.3, -0.25) is 0 Å². The van der Waals surface area contributed by atoms with Crippen molar-refractivity contribution in [3.05, 3.63) is 0 Å². The summed E-state index contributed by atoms with van der Waals surface area (Å²) in [5.41, 5.74) is 0. The Hall–Kier alpha value is -0.550. The summed E-state index contributed by atoms with van der Waals surface area (Å²) in [7, 11) is 0. The first-order chi connectivity index (χ1) is 5.83. The highest BCUT2D eigenvalue weighted by molar-refractivity contribution is 4.80. The van der Waals surface area contributed by atoms with Crippen LogP contribution < -0.4 is 5.32 Å². The van der Waals surface area contributed by atoms with E-state index in [1.165, 1.54) is 25.7 Å². The van der Waals surface area contributed by atoms with Crippen LogP contribution in [0.5, 0.6) is 0 Å². The minimum Gasteiger partial charge on any atom is -0.315 e. The molecule has 1 aliphatic rings. The van der Waals surface area contributed by atoms with Gasteiger partial charge in [-0.15, -0.1) is 0 Å². The molecule has 68 valence electrons. The molecule has 2 heteroatoms. The highest BCUT2D eigenvalue weighted by Gasteiger charge is 2.14. The minimum absolute atomic E-state index is 0.159. The summed E-state index contributed by atoms with van der Waals surface area (Å²) in [6.07, 6.45) is 5.57. The normalized spacial score (nSPS) is 20.7. The Kier molecular flexibility index (Phi) is 4.10. The summed E-state index contributed by atoms with van der Waals surface area (Å²) in [5, 5.41) is 11.9. The average molecular weight is 166 g/mol. The van der Waals surface area contributed by atoms with Crippen molar-refractivity contribution in [3.8, 4) is 6.07 Å². The lowest BCUT2D eigenvalue weighted by Crippen LogP contribution is -2.25. The maximum absolute atomic E-state index is 8.54. The third-order valence-corrected chi connectivity index (χ3v) is 2.58. The minimum atomic E-state index is 0.159. The van der Waals surface area contributed by atoms with Gasteiger partial charge < -0.3 is 5.32 Å². The van der Waals surface area contributed by atoms with E-state index in [9.17, 15) is 0 Å². The highest BCUT2D eigenvalue weighted by Crippen LogP contribution is 2.23. The van der Waals surface area contributed by atoms with Crippen LogP contribution in [0.2, 0.25) is 0 Å². The van der Waals surface area contributed by atoms with Gasteiger partial charge in [0.05, 0.1) is 12.0 Å². The van der Waals surface area contributed by atoms with Gasteiger partial charge in [0, 0.05) is 6.54 Å². The molecule has 0 saturated heterocycles. The Morgan fingerprint density at radius 1 is 1.50 bits per heavy atom. The number of hydrogen-bond donors (Lipinski definition) is 1. The predicted octanol–water partition coefficient (Wildman–Crippen LogP) is 1.93. The van der Waals surface area contributed by atoms with Crippen molar-refractivity contribution in [1.82, 2.24) is 5.32 Å². The summed E-state index contributed by atoms with van der Waals surface area (Å²) in [5.74, 6) is 1.04. The molecule has 1 saturated carbocycles. The summed E-state index contributed by atoms with van der Waals surface area (Å²) in [4.78, 5) is 0. The summed E-state index contributed by atoms with van der Waals surface area (Å²) < 4.78 is 0. The maximum Gasteiger partial charge on any atom is 0.0666 e. The SMILES string of the molecule is CC(C#N)CNCC1CCCC1. The van der Waals surface area contributed by atoms with E-state index in [0.717, 1.165) is 19.0 Å². The molecule has 1 unspecified atom stereocenters. The molecule has 2 nitrogen and oxygen atoms in total. The van der Waals surface area contributed by atoms with Crippen LogP contribution in [0.25, 0.3) is 0 Å². The quantitative estimate of drug-likeness (QED) is 0.692. The standard InChI is InChI=1S/C10H18N2/c1-9(6-11)7-12-8-10-4-2-3-5-10/h9-10,12H,2-5,7-8H2,1H3. The van der Waals surface area contributed by atoms with Crippen LogP contribution in [0.15, 0.2) is 0 Å². The molecule has 0 amide bonds. The summed E-state index contributed by atoms with van der Waals surface area (Å²) >= 11 is 0. The van der Waals surface area contributed by atoms with E-state index in [1.807, 2.05) is 6.92 Å². The largest absolute Gasteiger partial charge is 0.315 e. The third-order valence-electron chi connectivity index (χ3n) is 2.58. The molecule has 0 spiro atoms. The third kappa shape index (κ3) is 3.23. The molecule has 12 heavy (non-hydrogen) atoms. The van der Waals surface area contributed by atoms with Crippen molar-refractivity contribution >= 4 is 0 Å². The van der Waals surface area contributed by atoms with Crippen LogP contribution in [0, 0.1) is 23.2 Å². The number of hydrogen-bond acceptors (Lipinski definition) is 2. The van der Waals surface area contributed by atoms with Crippen molar-refractivity contribution < 1.29 is 0 Å². The molecule has 0 bridgehead atoms. The predicted molar refractivity (Wildman–Crippen MR) is 49.6 cm³/mol. The van der Waals surface area contributed by atoms with E-state index in [1.54, 1.807) is 0 Å². The van der Waals surface area contributed by atoms with Crippen LogP contribution >= 0.6 is 0 Å². The van der Waals surface area contributed by atoms with Gasteiger partial charge in [0.15, 0.2) is 0 Å². The van der Waals surface area contributed by atoms with E-state index >= 15 is 0 Å². The molecular formula is C10H18N2. The fourth-order valence-corrected chi connectivity index (χ4v) is 1.76. The van der Waals surface area contributed by atoms with Crippen molar-refractivity contribution in [1.29, 1.82) is 5.26 Å². The van der Waals surface area contributed by atoms with E-state index in [0.29, 0.717) is 0 Å². The monoisotopic (exact) mass is 166 g/mol. The molecule has 1 aliphatic carbocycles. The second-order valence-electron chi connectivity index (χ2n) is 3.84. The lowest BCUT2D eigenvalue weighted by molar-refractivity contribution is 0.473. The molecule has 0 aromatic heterocycles. The first-order valence-electron chi connectivity index (χ1n) is 4.93. The zero-order valence-corrected chi connectivity index (χ0v) is 7.84. The number of nitrogens with zero attached hydrogens (tertiary/aromatic N) is 1. The Morgan fingerprint density at radius 3 is 2.75 bits per heavy atom. The number of nitrogens with one attached hydrogen (secondary N) is 1. The van der Waals surface area contributed by atoms with Gasteiger partial charge in [0.25, 0.3) is 0 Å². The first kappa shape index (κ1) is 9.54. The molecule has 1 fully saturated rings. The van der Waals surface area contributed by atoms with Crippen LogP contribution in [-0.4, -0.2) is 13.1 Å². The zero-order valence-electron chi connectivity index (χ0n) is 7.84. The zero-order chi connectivity index (χ0) is 8.81. The van der Waals surface area contributed by atoms with Gasteiger partial charge in [-0.25, -0.2) is 0 Å². The number of rotatable bonds is 4. The Labute approximate surface area is 75.0 Å². The maximum atomic E-state index is 8.54. The molecule has 0 aromatic carbocycles. The van der Waals surface area contributed by atoms with Crippen molar-refractivity contribution in [2.45, 2.75) is 32.6 Å². The van der Waals surface area contributed by atoms with Gasteiger partial charge in [-0.2, -0.15) is 5.26 Å². The van der Waals surface area contributed by atoms with Gasteiger partial charge in [-0.1, -0.05) is 12.8 Å². The number of nitriles is 1. The van der Waals surface area contributed by atoms with Gasteiger partial charge in [0.2, 0.25) is 0 Å². The molecule has 1 N–H and O–H groups in total. The van der Waals surface area contributed by atoms with Crippen LogP contribution in [0.4, 0.5) is 0 Å². The average Bonchev–Trinajstić information content (AvgIpc) is 2.57. The topological polar surface area (TPSA) is 35.8 Å². The highest BCUT2D eigenvalue weighted by atomic mass is 14.9. The van der Waals surface area contributed by atoms with Gasteiger partial charge in [0.1, 0.15) is 0 Å². The second-order valence-corrected chi connectivity index (χ2v) is 3.84. The Morgan fingerprint density at radius 2 is 2.17 bits per heavy atom. The van der Waals surface area contributed by atoms with E-state index in [2.05, 4.69) is 11.4 Å². The smallest absolute Gasteiger partial charge is 0.0666 e. The lowest BCUT2D eigenvalue weighted by Gasteiger charge is -2.10. The fraction of sp³-hybridized carbons (Fsp3) is 0.900. The molecule has 1 atom stereocenters. The fourth-order valence-electron chi connectivity index (χ4n) is 1.76. The molecule has 1 rings (SSSR count). The molecule has 0 aromatic rings. The summed E-state index contributed by atoms with van der Waals surface area (Å²) in [6.45, 7) is 3.93. The van der Waals surface area contributed by atoms with Crippen LogP contribution in [-0.2, 0) is 0 Å². The second kappa shape index (κ2) is 5.16. The van der Waals surface area contributed by atoms with Crippen molar-refractivity contribution in [2.75, 3.05) is 13.1 Å². The molecule has 0 radical (unpaired) electrons. The molecular weight excluding hydrogens is 148 g/mol. The van der Waals surface area contributed by atoms with Crippen molar-refractivity contribution in [2.24, 2.45) is 11.8 Å². The Balaban J connectivity index is 1.98. The van der Waals surface area contributed by atoms with Crippen LogP contribution in [0.1, 0.15) is 32.6 Å². The lowest BCUT2D eigenvalue weighted by atomic mass is 10.1. The van der Waals surface area contributed by atoms with Crippen LogP contribution in [0.3, 0.4) is 0 Å².